The summed E-state index contributed by atoms with van der Waals surface area (Å²) in [4.78, 5) is 0. The van der Waals surface area contributed by atoms with Crippen molar-refractivity contribution in [3.63, 3.8) is 0 Å². The van der Waals surface area contributed by atoms with Crippen molar-refractivity contribution in [2.45, 2.75) is 25.6 Å². The molecule has 0 unspecified atom stereocenters. The van der Waals surface area contributed by atoms with Crippen LogP contribution in [0.1, 0.15) is 25.0 Å². The van der Waals surface area contributed by atoms with Gasteiger partial charge in [-0.25, -0.2) is 4.39 Å². The predicted molar refractivity (Wildman–Crippen MR) is 51.7 cm³/mol. The van der Waals surface area contributed by atoms with E-state index < -0.39 is 28.7 Å². The maximum absolute atomic E-state index is 13.5. The second-order valence-electron chi connectivity index (χ2n) is 3.87. The minimum atomic E-state index is -4.84. The fourth-order valence-corrected chi connectivity index (χ4v) is 1.46. The lowest BCUT2D eigenvalue weighted by molar-refractivity contribution is -0.140. The molecule has 0 spiro atoms. The van der Waals surface area contributed by atoms with Crippen LogP contribution in [-0.2, 0) is 11.8 Å². The Morgan fingerprint density at radius 2 is 1.56 bits per heavy atom. The zero-order valence-electron chi connectivity index (χ0n) is 8.49. The van der Waals surface area contributed by atoms with Crippen LogP contribution in [0, 0.1) is 5.82 Å². The average Bonchev–Trinajstić information content (AvgIpc) is 2.04. The summed E-state index contributed by atoms with van der Waals surface area (Å²) in [5, 5.41) is 9.25. The summed E-state index contributed by atoms with van der Waals surface area (Å²) in [6.07, 6.45) is -4.84. The van der Waals surface area contributed by atoms with Gasteiger partial charge in [-0.05, 0) is 26.0 Å². The number of alkyl halides is 3. The van der Waals surface area contributed by atoms with Gasteiger partial charge in [0.1, 0.15) is 5.82 Å². The van der Waals surface area contributed by atoms with Crippen molar-refractivity contribution in [2.75, 3.05) is 0 Å². The van der Waals surface area contributed by atoms with Crippen LogP contribution in [0.5, 0.6) is 0 Å². The third-order valence-corrected chi connectivity index (χ3v) is 2.22. The van der Waals surface area contributed by atoms with Crippen molar-refractivity contribution in [1.29, 1.82) is 0 Å². The van der Waals surface area contributed by atoms with E-state index in [2.05, 4.69) is 0 Å². The summed E-state index contributed by atoms with van der Waals surface area (Å²) in [5.41, 5.74) is -3.68. The molecule has 90 valence electrons. The molecule has 0 fully saturated rings. The number of rotatable bonds is 1. The van der Waals surface area contributed by atoms with E-state index in [4.69, 9.17) is 11.6 Å². The predicted octanol–water partition coefficient (Wildman–Crippen LogP) is 3.73. The van der Waals surface area contributed by atoms with E-state index in [1.54, 1.807) is 0 Å². The van der Waals surface area contributed by atoms with E-state index >= 15 is 0 Å². The van der Waals surface area contributed by atoms with Gasteiger partial charge in [0, 0.05) is 10.6 Å². The van der Waals surface area contributed by atoms with Crippen molar-refractivity contribution in [2.24, 2.45) is 0 Å². The van der Waals surface area contributed by atoms with Gasteiger partial charge >= 0.3 is 6.18 Å². The molecule has 0 aromatic heterocycles. The number of hydrogen-bond acceptors (Lipinski definition) is 1. The highest BCUT2D eigenvalue weighted by molar-refractivity contribution is 6.30. The Morgan fingerprint density at radius 1 is 1.12 bits per heavy atom. The zero-order valence-corrected chi connectivity index (χ0v) is 9.25. The van der Waals surface area contributed by atoms with E-state index in [1.165, 1.54) is 13.8 Å². The van der Waals surface area contributed by atoms with Crippen molar-refractivity contribution in [3.8, 4) is 0 Å². The summed E-state index contributed by atoms with van der Waals surface area (Å²) in [7, 11) is 0. The fraction of sp³-hybridized carbons (Fsp3) is 0.400. The van der Waals surface area contributed by atoms with Gasteiger partial charge in [0.15, 0.2) is 0 Å². The van der Waals surface area contributed by atoms with Gasteiger partial charge in [-0.15, -0.1) is 0 Å². The SMILES string of the molecule is CC(C)(O)c1cc(Cl)cc(C(F)(F)F)c1F. The highest BCUT2D eigenvalue weighted by Crippen LogP contribution is 2.37. The lowest BCUT2D eigenvalue weighted by Gasteiger charge is -2.21. The highest BCUT2D eigenvalue weighted by Gasteiger charge is 2.37. The number of benzene rings is 1. The fourth-order valence-electron chi connectivity index (χ4n) is 1.24. The first-order valence-corrected chi connectivity index (χ1v) is 4.70. The number of aliphatic hydroxyl groups is 1. The summed E-state index contributed by atoms with van der Waals surface area (Å²) in [6, 6.07) is 1.47. The summed E-state index contributed by atoms with van der Waals surface area (Å²) in [6.45, 7) is 2.36. The Labute approximate surface area is 94.7 Å². The second-order valence-corrected chi connectivity index (χ2v) is 4.31. The molecule has 0 radical (unpaired) electrons. The molecule has 1 aromatic carbocycles. The molecule has 0 amide bonds. The van der Waals surface area contributed by atoms with Crippen LogP contribution < -0.4 is 0 Å². The molecule has 1 nitrogen and oxygen atoms in total. The van der Waals surface area contributed by atoms with Gasteiger partial charge in [-0.1, -0.05) is 11.6 Å². The van der Waals surface area contributed by atoms with E-state index in [0.29, 0.717) is 6.07 Å². The van der Waals surface area contributed by atoms with Crippen LogP contribution in [0.15, 0.2) is 12.1 Å². The van der Waals surface area contributed by atoms with E-state index in [-0.39, 0.29) is 5.02 Å². The summed E-state index contributed by atoms with van der Waals surface area (Å²) in [5.74, 6) is -1.50. The van der Waals surface area contributed by atoms with Crippen molar-refractivity contribution < 1.29 is 22.7 Å². The van der Waals surface area contributed by atoms with Crippen molar-refractivity contribution >= 4 is 11.6 Å². The monoisotopic (exact) mass is 256 g/mol. The van der Waals surface area contributed by atoms with Gasteiger partial charge in [-0.2, -0.15) is 13.2 Å². The van der Waals surface area contributed by atoms with Crippen LogP contribution >= 0.6 is 11.6 Å². The second kappa shape index (κ2) is 3.89. The summed E-state index contributed by atoms with van der Waals surface area (Å²) >= 11 is 5.46. The smallest absolute Gasteiger partial charge is 0.386 e. The molecule has 0 bridgehead atoms. The average molecular weight is 257 g/mol. The number of halogens is 5. The van der Waals surface area contributed by atoms with Gasteiger partial charge < -0.3 is 5.11 Å². The van der Waals surface area contributed by atoms with E-state index in [1.807, 2.05) is 0 Å². The summed E-state index contributed by atoms with van der Waals surface area (Å²) < 4.78 is 50.8. The topological polar surface area (TPSA) is 20.2 Å². The molecule has 0 atom stereocenters. The third kappa shape index (κ3) is 2.65. The Kier molecular flexibility index (Phi) is 3.22. The van der Waals surface area contributed by atoms with Crippen LogP contribution in [0.3, 0.4) is 0 Å². The quantitative estimate of drug-likeness (QED) is 0.759. The van der Waals surface area contributed by atoms with Gasteiger partial charge in [0.05, 0.1) is 11.2 Å². The number of hydrogen-bond donors (Lipinski definition) is 1. The van der Waals surface area contributed by atoms with Crippen LogP contribution in [0.4, 0.5) is 17.6 Å². The highest BCUT2D eigenvalue weighted by atomic mass is 35.5. The minimum absolute atomic E-state index is 0.272. The Bertz CT molecular complexity index is 371. The molecule has 1 N–H and O–H groups in total. The van der Waals surface area contributed by atoms with Crippen LogP contribution in [-0.4, -0.2) is 5.11 Å². The lowest BCUT2D eigenvalue weighted by Crippen LogP contribution is -2.20. The molecule has 1 rings (SSSR count). The first-order valence-electron chi connectivity index (χ1n) is 4.32. The Morgan fingerprint density at radius 3 is 1.94 bits per heavy atom. The molecule has 0 aliphatic carbocycles. The minimum Gasteiger partial charge on any atom is -0.386 e. The Hall–Kier alpha value is -0.810. The Balaban J connectivity index is 3.51. The maximum Gasteiger partial charge on any atom is 0.419 e. The van der Waals surface area contributed by atoms with Gasteiger partial charge in [-0.3, -0.25) is 0 Å². The molecule has 1 aromatic rings. The van der Waals surface area contributed by atoms with E-state index in [9.17, 15) is 22.7 Å². The molecule has 0 saturated heterocycles. The zero-order chi connectivity index (χ0) is 12.7. The molecule has 0 aliphatic heterocycles. The lowest BCUT2D eigenvalue weighted by atomic mass is 9.95. The largest absolute Gasteiger partial charge is 0.419 e. The molecule has 0 saturated carbocycles. The first kappa shape index (κ1) is 13.3. The van der Waals surface area contributed by atoms with Crippen LogP contribution in [0.2, 0.25) is 5.02 Å². The molecule has 0 aliphatic rings. The third-order valence-electron chi connectivity index (χ3n) is 2.00. The van der Waals surface area contributed by atoms with Crippen molar-refractivity contribution in [3.05, 3.63) is 34.1 Å². The van der Waals surface area contributed by atoms with Gasteiger partial charge in [0.2, 0.25) is 0 Å². The molecular formula is C10H9ClF4O. The first-order chi connectivity index (χ1) is 7.03. The molecule has 0 heterocycles. The molecular weight excluding hydrogens is 248 g/mol. The van der Waals surface area contributed by atoms with Crippen LogP contribution in [0.25, 0.3) is 0 Å². The van der Waals surface area contributed by atoms with Gasteiger partial charge in [0.25, 0.3) is 0 Å². The molecule has 6 heteroatoms. The normalized spacial score (nSPS) is 13.0. The van der Waals surface area contributed by atoms with E-state index in [0.717, 1.165) is 6.07 Å². The van der Waals surface area contributed by atoms with Crippen molar-refractivity contribution in [1.82, 2.24) is 0 Å². The maximum atomic E-state index is 13.5. The molecule has 16 heavy (non-hydrogen) atoms. The standard InChI is InChI=1S/C10H9ClF4O/c1-9(2,16)6-3-5(11)4-7(8(6)12)10(13,14)15/h3-4,16H,1-2H3.